The molecule has 2 atom stereocenters. The number of rotatable bonds is 5. The summed E-state index contributed by atoms with van der Waals surface area (Å²) in [6.07, 6.45) is 9.22. The van der Waals surface area contributed by atoms with Crippen molar-refractivity contribution in [1.82, 2.24) is 10.2 Å². The number of hydrogen-bond acceptors (Lipinski definition) is 3. The summed E-state index contributed by atoms with van der Waals surface area (Å²) in [5.41, 5.74) is 1.35. The third kappa shape index (κ3) is 6.44. The predicted molar refractivity (Wildman–Crippen MR) is 82.3 cm³/mol. The molecular weight excluding hydrogens is 236 g/mol. The maximum absolute atomic E-state index is 5.14. The van der Waals surface area contributed by atoms with Gasteiger partial charge in [0.05, 0.1) is 6.61 Å². The maximum atomic E-state index is 5.14. The highest BCUT2D eigenvalue weighted by molar-refractivity contribution is 5.04. The van der Waals surface area contributed by atoms with Crippen LogP contribution in [0.1, 0.15) is 46.0 Å². The van der Waals surface area contributed by atoms with Crippen molar-refractivity contribution in [3.63, 3.8) is 0 Å². The molecule has 1 rings (SSSR count). The fourth-order valence-corrected chi connectivity index (χ4v) is 2.61. The Morgan fingerprint density at radius 3 is 2.79 bits per heavy atom. The molecule has 0 aromatic heterocycles. The van der Waals surface area contributed by atoms with Gasteiger partial charge in [-0.3, -0.25) is 0 Å². The highest BCUT2D eigenvalue weighted by atomic mass is 16.5. The van der Waals surface area contributed by atoms with E-state index in [0.717, 1.165) is 25.6 Å². The molecule has 0 radical (unpaired) electrons. The predicted octanol–water partition coefficient (Wildman–Crippen LogP) is 3.03. The number of allylic oxidation sites excluding steroid dienone is 1. The van der Waals surface area contributed by atoms with Gasteiger partial charge in [-0.25, -0.2) is 0 Å². The van der Waals surface area contributed by atoms with E-state index in [1.165, 1.54) is 37.8 Å². The first-order valence-corrected chi connectivity index (χ1v) is 7.77. The molecular formula is C16H32N2O. The summed E-state index contributed by atoms with van der Waals surface area (Å²) in [6, 6.07) is 0.517. The lowest BCUT2D eigenvalue weighted by Gasteiger charge is -2.26. The van der Waals surface area contributed by atoms with Gasteiger partial charge < -0.3 is 15.0 Å². The number of methoxy groups -OCH3 is 1. The summed E-state index contributed by atoms with van der Waals surface area (Å²) in [6.45, 7) is 7.48. The third-order valence-electron chi connectivity index (χ3n) is 4.23. The molecule has 19 heavy (non-hydrogen) atoms. The average molecular weight is 268 g/mol. The molecule has 2 unspecified atom stereocenters. The summed E-state index contributed by atoms with van der Waals surface area (Å²) >= 11 is 0. The van der Waals surface area contributed by atoms with Gasteiger partial charge in [0.25, 0.3) is 0 Å². The fourth-order valence-electron chi connectivity index (χ4n) is 2.61. The molecule has 1 fully saturated rings. The quantitative estimate of drug-likeness (QED) is 0.829. The van der Waals surface area contributed by atoms with Crippen LogP contribution in [0.4, 0.5) is 0 Å². The number of hydrogen-bond donors (Lipinski definition) is 1. The van der Waals surface area contributed by atoms with Crippen molar-refractivity contribution in [2.75, 3.05) is 33.9 Å². The number of nitrogens with one attached hydrogen (secondary N) is 1. The monoisotopic (exact) mass is 268 g/mol. The van der Waals surface area contributed by atoms with E-state index < -0.39 is 0 Å². The van der Waals surface area contributed by atoms with Crippen molar-refractivity contribution >= 4 is 0 Å². The maximum Gasteiger partial charge on any atom is 0.0637 e. The Morgan fingerprint density at radius 2 is 2.05 bits per heavy atom. The second-order valence-electron chi connectivity index (χ2n) is 5.88. The van der Waals surface area contributed by atoms with Crippen molar-refractivity contribution in [3.8, 4) is 0 Å². The van der Waals surface area contributed by atoms with Crippen molar-refractivity contribution in [1.29, 1.82) is 0 Å². The Bertz CT molecular complexity index is 265. The second kappa shape index (κ2) is 9.38. The van der Waals surface area contributed by atoms with Crippen LogP contribution >= 0.6 is 0 Å². The molecule has 3 heteroatoms. The lowest BCUT2D eigenvalue weighted by Crippen LogP contribution is -2.35. The van der Waals surface area contributed by atoms with Crippen LogP contribution in [0.15, 0.2) is 11.8 Å². The van der Waals surface area contributed by atoms with E-state index in [-0.39, 0.29) is 0 Å². The van der Waals surface area contributed by atoms with Crippen LogP contribution in [0.25, 0.3) is 0 Å². The van der Waals surface area contributed by atoms with Gasteiger partial charge in [0, 0.05) is 32.4 Å². The summed E-state index contributed by atoms with van der Waals surface area (Å²) in [5.74, 6) is 0.726. The van der Waals surface area contributed by atoms with E-state index >= 15 is 0 Å². The zero-order valence-corrected chi connectivity index (χ0v) is 13.2. The van der Waals surface area contributed by atoms with E-state index in [9.17, 15) is 0 Å². The van der Waals surface area contributed by atoms with Gasteiger partial charge in [-0.1, -0.05) is 26.2 Å². The van der Waals surface area contributed by atoms with Crippen molar-refractivity contribution in [2.24, 2.45) is 5.92 Å². The van der Waals surface area contributed by atoms with Crippen LogP contribution in [-0.2, 0) is 4.74 Å². The molecule has 1 heterocycles. The van der Waals surface area contributed by atoms with Gasteiger partial charge in [-0.05, 0) is 38.3 Å². The minimum absolute atomic E-state index is 0.517. The van der Waals surface area contributed by atoms with Crippen LogP contribution in [0.2, 0.25) is 0 Å². The Morgan fingerprint density at radius 1 is 1.32 bits per heavy atom. The SMILES string of the molecule is COCCN(C)C(C)=CC1NCCCCCCC1C. The zero-order chi connectivity index (χ0) is 14.1. The molecule has 3 nitrogen and oxygen atoms in total. The summed E-state index contributed by atoms with van der Waals surface area (Å²) in [4.78, 5) is 2.28. The summed E-state index contributed by atoms with van der Waals surface area (Å²) in [7, 11) is 3.90. The summed E-state index contributed by atoms with van der Waals surface area (Å²) in [5, 5.41) is 3.72. The summed E-state index contributed by atoms with van der Waals surface area (Å²) < 4.78 is 5.14. The zero-order valence-electron chi connectivity index (χ0n) is 13.2. The molecule has 0 aromatic rings. The fraction of sp³-hybridized carbons (Fsp3) is 0.875. The first-order valence-electron chi connectivity index (χ1n) is 7.77. The van der Waals surface area contributed by atoms with Gasteiger partial charge >= 0.3 is 0 Å². The molecule has 1 aliphatic rings. The van der Waals surface area contributed by atoms with Crippen LogP contribution in [-0.4, -0.2) is 44.8 Å². The van der Waals surface area contributed by atoms with E-state index in [4.69, 9.17) is 4.74 Å². The smallest absolute Gasteiger partial charge is 0.0637 e. The largest absolute Gasteiger partial charge is 0.383 e. The highest BCUT2D eigenvalue weighted by Gasteiger charge is 2.16. The minimum Gasteiger partial charge on any atom is -0.383 e. The molecule has 0 aromatic carbocycles. The standard InChI is InChI=1S/C16H32N2O/c1-14-9-7-5-6-8-10-17-16(14)13-15(2)18(3)11-12-19-4/h13-14,16-17H,5-12H2,1-4H3. The first kappa shape index (κ1) is 16.5. The normalized spacial score (nSPS) is 26.4. The van der Waals surface area contributed by atoms with Crippen LogP contribution in [0, 0.1) is 5.92 Å². The van der Waals surface area contributed by atoms with Gasteiger partial charge in [0.2, 0.25) is 0 Å². The topological polar surface area (TPSA) is 24.5 Å². The molecule has 0 aliphatic carbocycles. The van der Waals surface area contributed by atoms with Gasteiger partial charge in [-0.15, -0.1) is 0 Å². The van der Waals surface area contributed by atoms with Crippen LogP contribution < -0.4 is 5.32 Å². The molecule has 1 aliphatic heterocycles. The Hall–Kier alpha value is -0.540. The molecule has 112 valence electrons. The average Bonchev–Trinajstić information content (AvgIpc) is 2.50. The van der Waals surface area contributed by atoms with Crippen molar-refractivity contribution in [2.45, 2.75) is 52.0 Å². The lowest BCUT2D eigenvalue weighted by atomic mass is 9.95. The molecule has 1 N–H and O–H groups in total. The Kier molecular flexibility index (Phi) is 8.15. The van der Waals surface area contributed by atoms with E-state index in [1.807, 2.05) is 0 Å². The Balaban J connectivity index is 2.57. The van der Waals surface area contributed by atoms with Crippen LogP contribution in [0.5, 0.6) is 0 Å². The number of nitrogens with zero attached hydrogens (tertiary/aromatic N) is 1. The van der Waals surface area contributed by atoms with Gasteiger partial charge in [0.15, 0.2) is 0 Å². The Labute approximate surface area is 119 Å². The number of ether oxygens (including phenoxy) is 1. The van der Waals surface area contributed by atoms with Crippen LogP contribution in [0.3, 0.4) is 0 Å². The van der Waals surface area contributed by atoms with E-state index in [0.29, 0.717) is 6.04 Å². The molecule has 0 amide bonds. The third-order valence-corrected chi connectivity index (χ3v) is 4.23. The van der Waals surface area contributed by atoms with Crippen molar-refractivity contribution < 1.29 is 4.74 Å². The second-order valence-corrected chi connectivity index (χ2v) is 5.88. The van der Waals surface area contributed by atoms with Gasteiger partial charge in [-0.2, -0.15) is 0 Å². The lowest BCUT2D eigenvalue weighted by molar-refractivity contribution is 0.173. The van der Waals surface area contributed by atoms with E-state index in [2.05, 4.69) is 37.2 Å². The van der Waals surface area contributed by atoms with Crippen molar-refractivity contribution in [3.05, 3.63) is 11.8 Å². The van der Waals surface area contributed by atoms with E-state index in [1.54, 1.807) is 7.11 Å². The molecule has 1 saturated heterocycles. The highest BCUT2D eigenvalue weighted by Crippen LogP contribution is 2.18. The molecule has 0 spiro atoms. The number of likely N-dealkylation sites (N-methyl/N-ethyl adjacent to an activating group) is 1. The van der Waals surface area contributed by atoms with Gasteiger partial charge in [0.1, 0.15) is 0 Å². The minimum atomic E-state index is 0.517. The first-order chi connectivity index (χ1) is 9.15. The molecule has 0 saturated carbocycles. The molecule has 0 bridgehead atoms.